The summed E-state index contributed by atoms with van der Waals surface area (Å²) >= 11 is 0. The van der Waals surface area contributed by atoms with E-state index < -0.39 is 0 Å². The molecule has 0 aliphatic carbocycles. The maximum atomic E-state index is 5.11. The van der Waals surface area contributed by atoms with Gasteiger partial charge < -0.3 is 14.5 Å². The minimum absolute atomic E-state index is 0.666. The van der Waals surface area contributed by atoms with Crippen LogP contribution in [-0.4, -0.2) is 58.2 Å². The lowest BCUT2D eigenvalue weighted by Crippen LogP contribution is -2.47. The van der Waals surface area contributed by atoms with Gasteiger partial charge in [0.2, 0.25) is 5.95 Å². The molecule has 0 N–H and O–H groups in total. The Morgan fingerprint density at radius 1 is 0.960 bits per heavy atom. The highest BCUT2D eigenvalue weighted by molar-refractivity contribution is 5.88. The number of hydrogen-bond donors (Lipinski definition) is 0. The number of ether oxygens (including phenoxy) is 1. The first-order chi connectivity index (χ1) is 12.2. The standard InChI is InChI=1S/C17H19N7O/c1-12-21-15-11-18-4-3-14(15)16(22-12)23-5-7-24(8-6-23)17-19-9-13(25-2)10-20-17/h3-4,9-11H,5-8H2,1-2H3. The number of rotatable bonds is 3. The van der Waals surface area contributed by atoms with Gasteiger partial charge in [-0.15, -0.1) is 0 Å². The minimum atomic E-state index is 0.666. The normalized spacial score (nSPS) is 14.8. The molecule has 0 radical (unpaired) electrons. The van der Waals surface area contributed by atoms with Crippen LogP contribution < -0.4 is 14.5 Å². The van der Waals surface area contributed by atoms with Crippen molar-refractivity contribution in [2.24, 2.45) is 0 Å². The first-order valence-electron chi connectivity index (χ1n) is 8.19. The Hall–Kier alpha value is -3.03. The van der Waals surface area contributed by atoms with Gasteiger partial charge in [0.1, 0.15) is 11.6 Å². The third-order valence-electron chi connectivity index (χ3n) is 4.30. The number of piperazine rings is 1. The zero-order chi connectivity index (χ0) is 17.2. The average Bonchev–Trinajstić information content (AvgIpc) is 2.67. The van der Waals surface area contributed by atoms with E-state index in [1.165, 1.54) is 0 Å². The van der Waals surface area contributed by atoms with Gasteiger partial charge in [0.15, 0.2) is 5.75 Å². The molecule has 0 bridgehead atoms. The average molecular weight is 337 g/mol. The van der Waals surface area contributed by atoms with Gasteiger partial charge in [0.25, 0.3) is 0 Å². The van der Waals surface area contributed by atoms with Crippen LogP contribution in [0.1, 0.15) is 5.82 Å². The Labute approximate surface area is 145 Å². The fourth-order valence-electron chi connectivity index (χ4n) is 3.01. The first-order valence-corrected chi connectivity index (χ1v) is 8.19. The SMILES string of the molecule is COc1cnc(N2CCN(c3nc(C)nc4cnccc34)CC2)nc1. The van der Waals surface area contributed by atoms with Crippen LogP contribution in [0.25, 0.3) is 10.9 Å². The van der Waals surface area contributed by atoms with Crippen molar-refractivity contribution in [1.82, 2.24) is 24.9 Å². The molecule has 0 atom stereocenters. The second-order valence-electron chi connectivity index (χ2n) is 5.88. The molecular formula is C17H19N7O. The second kappa shape index (κ2) is 6.46. The number of aromatic nitrogens is 5. The topological polar surface area (TPSA) is 80.2 Å². The number of methoxy groups -OCH3 is 1. The van der Waals surface area contributed by atoms with E-state index in [-0.39, 0.29) is 0 Å². The van der Waals surface area contributed by atoms with Crippen LogP contribution in [-0.2, 0) is 0 Å². The fourth-order valence-corrected chi connectivity index (χ4v) is 3.01. The largest absolute Gasteiger partial charge is 0.494 e. The van der Waals surface area contributed by atoms with E-state index in [9.17, 15) is 0 Å². The summed E-state index contributed by atoms with van der Waals surface area (Å²) < 4.78 is 5.11. The molecule has 0 aromatic carbocycles. The molecule has 3 aromatic rings. The van der Waals surface area contributed by atoms with Gasteiger partial charge in [-0.2, -0.15) is 0 Å². The minimum Gasteiger partial charge on any atom is -0.494 e. The lowest BCUT2D eigenvalue weighted by Gasteiger charge is -2.35. The second-order valence-corrected chi connectivity index (χ2v) is 5.88. The summed E-state index contributed by atoms with van der Waals surface area (Å²) in [6, 6.07) is 1.98. The molecular weight excluding hydrogens is 318 g/mol. The van der Waals surface area contributed by atoms with E-state index >= 15 is 0 Å². The molecule has 128 valence electrons. The van der Waals surface area contributed by atoms with E-state index in [4.69, 9.17) is 4.74 Å². The highest BCUT2D eigenvalue weighted by atomic mass is 16.5. The van der Waals surface area contributed by atoms with Crippen molar-refractivity contribution >= 4 is 22.7 Å². The number of aryl methyl sites for hydroxylation is 1. The van der Waals surface area contributed by atoms with E-state index in [1.807, 2.05) is 13.0 Å². The zero-order valence-corrected chi connectivity index (χ0v) is 14.3. The van der Waals surface area contributed by atoms with Gasteiger partial charge in [-0.25, -0.2) is 19.9 Å². The van der Waals surface area contributed by atoms with Crippen molar-refractivity contribution in [3.05, 3.63) is 36.7 Å². The van der Waals surface area contributed by atoms with Crippen LogP contribution in [0.5, 0.6) is 5.75 Å². The molecule has 1 aliphatic rings. The number of fused-ring (bicyclic) bond motifs is 1. The molecule has 25 heavy (non-hydrogen) atoms. The highest BCUT2D eigenvalue weighted by Gasteiger charge is 2.22. The fraction of sp³-hybridized carbons (Fsp3) is 0.353. The van der Waals surface area contributed by atoms with Crippen LogP contribution in [0.2, 0.25) is 0 Å². The van der Waals surface area contributed by atoms with Gasteiger partial charge in [-0.05, 0) is 13.0 Å². The van der Waals surface area contributed by atoms with E-state index in [1.54, 1.807) is 31.9 Å². The summed E-state index contributed by atoms with van der Waals surface area (Å²) in [5.41, 5.74) is 0.880. The summed E-state index contributed by atoms with van der Waals surface area (Å²) in [5, 5.41) is 1.04. The molecule has 4 rings (SSSR count). The summed E-state index contributed by atoms with van der Waals surface area (Å²) in [6.45, 7) is 5.29. The van der Waals surface area contributed by atoms with Crippen molar-refractivity contribution in [2.45, 2.75) is 6.92 Å². The Kier molecular flexibility index (Phi) is 4.01. The van der Waals surface area contributed by atoms with E-state index in [0.29, 0.717) is 5.75 Å². The quantitative estimate of drug-likeness (QED) is 0.711. The van der Waals surface area contributed by atoms with Crippen molar-refractivity contribution in [1.29, 1.82) is 0 Å². The maximum absolute atomic E-state index is 5.11. The van der Waals surface area contributed by atoms with Crippen molar-refractivity contribution in [2.75, 3.05) is 43.1 Å². The number of pyridine rings is 1. The van der Waals surface area contributed by atoms with Gasteiger partial charge in [-0.3, -0.25) is 4.98 Å². The maximum Gasteiger partial charge on any atom is 0.225 e. The molecule has 1 fully saturated rings. The lowest BCUT2D eigenvalue weighted by molar-refractivity contribution is 0.410. The van der Waals surface area contributed by atoms with E-state index in [2.05, 4.69) is 34.7 Å². The van der Waals surface area contributed by atoms with E-state index in [0.717, 1.165) is 54.7 Å². The summed E-state index contributed by atoms with van der Waals surface area (Å²) in [7, 11) is 1.61. The molecule has 8 heteroatoms. The van der Waals surface area contributed by atoms with Crippen LogP contribution >= 0.6 is 0 Å². The smallest absolute Gasteiger partial charge is 0.225 e. The van der Waals surface area contributed by atoms with Crippen molar-refractivity contribution in [3.63, 3.8) is 0 Å². The Bertz CT molecular complexity index is 876. The predicted octanol–water partition coefficient (Wildman–Crippen LogP) is 1.46. The zero-order valence-electron chi connectivity index (χ0n) is 14.3. The highest BCUT2D eigenvalue weighted by Crippen LogP contribution is 2.24. The molecule has 0 amide bonds. The van der Waals surface area contributed by atoms with Crippen molar-refractivity contribution in [3.8, 4) is 5.75 Å². The van der Waals surface area contributed by atoms with Gasteiger partial charge >= 0.3 is 0 Å². The molecule has 0 spiro atoms. The Morgan fingerprint density at radius 2 is 1.68 bits per heavy atom. The molecule has 1 saturated heterocycles. The van der Waals surface area contributed by atoms with Crippen LogP contribution in [0, 0.1) is 6.92 Å². The van der Waals surface area contributed by atoms with Crippen LogP contribution in [0.15, 0.2) is 30.9 Å². The van der Waals surface area contributed by atoms with Crippen LogP contribution in [0.3, 0.4) is 0 Å². The molecule has 3 aromatic heterocycles. The third-order valence-corrected chi connectivity index (χ3v) is 4.30. The summed E-state index contributed by atoms with van der Waals surface area (Å²) in [4.78, 5) is 26.5. The molecule has 1 aliphatic heterocycles. The lowest BCUT2D eigenvalue weighted by atomic mass is 10.2. The molecule has 4 heterocycles. The Morgan fingerprint density at radius 3 is 2.40 bits per heavy atom. The van der Waals surface area contributed by atoms with Gasteiger partial charge in [0.05, 0.1) is 31.2 Å². The molecule has 0 saturated carbocycles. The number of hydrogen-bond acceptors (Lipinski definition) is 8. The summed E-state index contributed by atoms with van der Waals surface area (Å²) in [6.07, 6.45) is 6.97. The predicted molar refractivity (Wildman–Crippen MR) is 95.1 cm³/mol. The monoisotopic (exact) mass is 337 g/mol. The van der Waals surface area contributed by atoms with Crippen LogP contribution in [0.4, 0.5) is 11.8 Å². The van der Waals surface area contributed by atoms with Crippen molar-refractivity contribution < 1.29 is 4.74 Å². The van der Waals surface area contributed by atoms with Gasteiger partial charge in [-0.1, -0.05) is 0 Å². The first kappa shape index (κ1) is 15.5. The summed E-state index contributed by atoms with van der Waals surface area (Å²) in [5.74, 6) is 3.13. The van der Waals surface area contributed by atoms with Gasteiger partial charge in [0, 0.05) is 37.8 Å². The molecule has 0 unspecified atom stereocenters. The molecule has 8 nitrogen and oxygen atoms in total. The third kappa shape index (κ3) is 3.02. The number of nitrogens with zero attached hydrogens (tertiary/aromatic N) is 7. The number of anilines is 2. The Balaban J connectivity index is 1.54.